The molecule has 2 aromatic heterocycles. The highest BCUT2D eigenvalue weighted by Gasteiger charge is 2.72. The van der Waals surface area contributed by atoms with E-state index in [1.165, 1.54) is 11.1 Å². The van der Waals surface area contributed by atoms with E-state index in [1.54, 1.807) is 19.1 Å². The first-order valence-electron chi connectivity index (χ1n) is 7.89. The SMILES string of the molecule is C[C@H](NC(=O)c1cc2cc(Cl)ncc2[nH]1)C(=O)N1CC2C(C1)C2(F)F. The molecule has 2 amide bonds. The number of nitrogens with zero attached hydrogens (tertiary/aromatic N) is 2. The first kappa shape index (κ1) is 16.3. The lowest BCUT2D eigenvalue weighted by Crippen LogP contribution is -2.47. The zero-order valence-corrected chi connectivity index (χ0v) is 14.0. The van der Waals surface area contributed by atoms with Crippen molar-refractivity contribution >= 4 is 34.3 Å². The van der Waals surface area contributed by atoms with Gasteiger partial charge < -0.3 is 15.2 Å². The maximum Gasteiger partial charge on any atom is 0.268 e. The van der Waals surface area contributed by atoms with Crippen molar-refractivity contribution in [1.82, 2.24) is 20.2 Å². The van der Waals surface area contributed by atoms with Gasteiger partial charge >= 0.3 is 0 Å². The summed E-state index contributed by atoms with van der Waals surface area (Å²) in [5, 5.41) is 3.64. The molecule has 25 heavy (non-hydrogen) atoms. The summed E-state index contributed by atoms with van der Waals surface area (Å²) in [5.74, 6) is -4.90. The molecule has 2 N–H and O–H groups in total. The van der Waals surface area contributed by atoms with E-state index in [9.17, 15) is 18.4 Å². The van der Waals surface area contributed by atoms with Gasteiger partial charge in [-0.15, -0.1) is 0 Å². The quantitative estimate of drug-likeness (QED) is 0.814. The number of likely N-dealkylation sites (tertiary alicyclic amines) is 1. The van der Waals surface area contributed by atoms with Gasteiger partial charge in [0.25, 0.3) is 11.8 Å². The second-order valence-corrected chi connectivity index (χ2v) is 6.99. The minimum atomic E-state index is -2.64. The number of hydrogen-bond donors (Lipinski definition) is 2. The molecule has 2 aliphatic rings. The van der Waals surface area contributed by atoms with Gasteiger partial charge in [-0.3, -0.25) is 9.59 Å². The Morgan fingerprint density at radius 3 is 2.76 bits per heavy atom. The number of aromatic nitrogens is 2. The van der Waals surface area contributed by atoms with Gasteiger partial charge in [0.1, 0.15) is 16.9 Å². The van der Waals surface area contributed by atoms with Crippen LogP contribution in [0.4, 0.5) is 8.78 Å². The number of amides is 2. The number of H-pyrrole nitrogens is 1. The zero-order chi connectivity index (χ0) is 17.9. The Kier molecular flexibility index (Phi) is 3.50. The minimum absolute atomic E-state index is 0.0489. The third-order valence-corrected chi connectivity index (χ3v) is 5.15. The van der Waals surface area contributed by atoms with E-state index in [1.807, 2.05) is 0 Å². The first-order chi connectivity index (χ1) is 11.8. The van der Waals surface area contributed by atoms with Gasteiger partial charge in [0.2, 0.25) is 5.91 Å². The Labute approximate surface area is 146 Å². The fourth-order valence-corrected chi connectivity index (χ4v) is 3.59. The Balaban J connectivity index is 1.40. The van der Waals surface area contributed by atoms with Gasteiger partial charge in [-0.1, -0.05) is 11.6 Å². The van der Waals surface area contributed by atoms with Crippen LogP contribution in [0.1, 0.15) is 17.4 Å². The summed E-state index contributed by atoms with van der Waals surface area (Å²) in [6, 6.07) is 2.43. The van der Waals surface area contributed by atoms with E-state index >= 15 is 0 Å². The van der Waals surface area contributed by atoms with Crippen molar-refractivity contribution in [2.24, 2.45) is 11.8 Å². The molecule has 6 nitrogen and oxygen atoms in total. The smallest absolute Gasteiger partial charge is 0.268 e. The number of pyridine rings is 1. The molecule has 0 radical (unpaired) electrons. The topological polar surface area (TPSA) is 78.1 Å². The number of nitrogens with one attached hydrogen (secondary N) is 2. The molecule has 2 fully saturated rings. The van der Waals surface area contributed by atoms with Crippen molar-refractivity contribution in [2.75, 3.05) is 13.1 Å². The number of rotatable bonds is 3. The van der Waals surface area contributed by atoms with Crippen LogP contribution in [0, 0.1) is 11.8 Å². The highest BCUT2D eigenvalue weighted by molar-refractivity contribution is 6.30. The third-order valence-electron chi connectivity index (χ3n) is 4.95. The van der Waals surface area contributed by atoms with Crippen LogP contribution >= 0.6 is 11.6 Å². The molecule has 0 spiro atoms. The Hall–Kier alpha value is -2.22. The predicted octanol–water partition coefficient (Wildman–Crippen LogP) is 2.06. The number of aromatic amines is 1. The maximum absolute atomic E-state index is 13.2. The van der Waals surface area contributed by atoms with E-state index in [2.05, 4.69) is 15.3 Å². The number of carbonyl (C=O) groups is 2. The van der Waals surface area contributed by atoms with Crippen molar-refractivity contribution in [2.45, 2.75) is 18.9 Å². The van der Waals surface area contributed by atoms with Crippen LogP contribution in [-0.2, 0) is 4.79 Å². The van der Waals surface area contributed by atoms with Crippen molar-refractivity contribution in [3.8, 4) is 0 Å². The molecule has 0 aromatic carbocycles. The monoisotopic (exact) mass is 368 g/mol. The molecular formula is C16H15ClF2N4O2. The molecule has 9 heteroatoms. The van der Waals surface area contributed by atoms with E-state index in [4.69, 9.17) is 11.6 Å². The molecule has 1 aliphatic heterocycles. The molecule has 3 atom stereocenters. The predicted molar refractivity (Wildman–Crippen MR) is 86.5 cm³/mol. The number of halogens is 3. The van der Waals surface area contributed by atoms with Crippen LogP contribution in [0.5, 0.6) is 0 Å². The molecule has 1 aliphatic carbocycles. The van der Waals surface area contributed by atoms with E-state index in [0.29, 0.717) is 10.7 Å². The number of hydrogen-bond acceptors (Lipinski definition) is 3. The van der Waals surface area contributed by atoms with Gasteiger partial charge in [-0.2, -0.15) is 0 Å². The van der Waals surface area contributed by atoms with Gasteiger partial charge in [-0.05, 0) is 19.1 Å². The molecule has 0 bridgehead atoms. The first-order valence-corrected chi connectivity index (χ1v) is 8.27. The Morgan fingerprint density at radius 2 is 2.08 bits per heavy atom. The maximum atomic E-state index is 13.2. The molecule has 2 unspecified atom stereocenters. The summed E-state index contributed by atoms with van der Waals surface area (Å²) in [6.45, 7) is 1.64. The van der Waals surface area contributed by atoms with Crippen LogP contribution in [0.3, 0.4) is 0 Å². The molecule has 1 saturated heterocycles. The van der Waals surface area contributed by atoms with Crippen molar-refractivity contribution in [3.63, 3.8) is 0 Å². The van der Waals surface area contributed by atoms with Crippen LogP contribution in [0.15, 0.2) is 18.3 Å². The fraction of sp³-hybridized carbons (Fsp3) is 0.438. The number of carbonyl (C=O) groups excluding carboxylic acids is 2. The summed E-state index contributed by atoms with van der Waals surface area (Å²) in [7, 11) is 0. The molecule has 3 heterocycles. The summed E-state index contributed by atoms with van der Waals surface area (Å²) < 4.78 is 26.4. The molecule has 4 rings (SSSR count). The lowest BCUT2D eigenvalue weighted by molar-refractivity contribution is -0.133. The second-order valence-electron chi connectivity index (χ2n) is 6.60. The van der Waals surface area contributed by atoms with Crippen LogP contribution in [0.2, 0.25) is 5.15 Å². The summed E-state index contributed by atoms with van der Waals surface area (Å²) in [4.78, 5) is 32.9. The van der Waals surface area contributed by atoms with Crippen molar-refractivity contribution in [1.29, 1.82) is 0 Å². The average Bonchev–Trinajstić information content (AvgIpc) is 3.00. The number of piperidine rings is 1. The van der Waals surface area contributed by atoms with E-state index in [-0.39, 0.29) is 24.7 Å². The molecular weight excluding hydrogens is 354 g/mol. The third kappa shape index (κ3) is 2.64. The number of fused-ring (bicyclic) bond motifs is 2. The van der Waals surface area contributed by atoms with Crippen LogP contribution in [0.25, 0.3) is 10.9 Å². The average molecular weight is 369 g/mol. The Bertz CT molecular complexity index is 870. The minimum Gasteiger partial charge on any atom is -0.349 e. The second kappa shape index (κ2) is 5.39. The van der Waals surface area contributed by atoms with Gasteiger partial charge in [0.05, 0.1) is 23.5 Å². The van der Waals surface area contributed by atoms with Crippen LogP contribution in [-0.4, -0.2) is 51.7 Å². The molecule has 1 saturated carbocycles. The van der Waals surface area contributed by atoms with Crippen molar-refractivity contribution in [3.05, 3.63) is 29.2 Å². The van der Waals surface area contributed by atoms with Crippen molar-refractivity contribution < 1.29 is 18.4 Å². The van der Waals surface area contributed by atoms with Crippen LogP contribution < -0.4 is 5.32 Å². The van der Waals surface area contributed by atoms with E-state index < -0.39 is 29.7 Å². The number of alkyl halides is 2. The Morgan fingerprint density at radius 1 is 1.40 bits per heavy atom. The summed E-state index contributed by atoms with van der Waals surface area (Å²) in [6.07, 6.45) is 1.51. The fourth-order valence-electron chi connectivity index (χ4n) is 3.42. The molecule has 132 valence electrons. The standard InChI is InChI=1S/C16H15ClF2N4O2/c1-7(15(25)23-5-9-10(6-23)16(9,18)19)21-14(24)11-2-8-3-13(17)20-4-12(8)22-11/h2-4,7,9-10,22H,5-6H2,1H3,(H,21,24)/t7-,9?,10?/m0/s1. The highest BCUT2D eigenvalue weighted by atomic mass is 35.5. The molecule has 2 aromatic rings. The largest absolute Gasteiger partial charge is 0.349 e. The summed E-state index contributed by atoms with van der Waals surface area (Å²) in [5.41, 5.74) is 0.921. The normalized spacial score (nSPS) is 24.9. The summed E-state index contributed by atoms with van der Waals surface area (Å²) >= 11 is 5.81. The lowest BCUT2D eigenvalue weighted by atomic mass is 10.2. The van der Waals surface area contributed by atoms with Gasteiger partial charge in [-0.25, -0.2) is 13.8 Å². The zero-order valence-electron chi connectivity index (χ0n) is 13.2. The van der Waals surface area contributed by atoms with Gasteiger partial charge in [0, 0.05) is 18.5 Å². The highest BCUT2D eigenvalue weighted by Crippen LogP contribution is 2.59. The van der Waals surface area contributed by atoms with E-state index in [0.717, 1.165) is 5.39 Å². The lowest BCUT2D eigenvalue weighted by Gasteiger charge is -2.23. The van der Waals surface area contributed by atoms with Gasteiger partial charge in [0.15, 0.2) is 0 Å².